The summed E-state index contributed by atoms with van der Waals surface area (Å²) in [5.41, 5.74) is 1.75. The molecule has 5 nitrogen and oxygen atoms in total. The first-order valence-corrected chi connectivity index (χ1v) is 7.32. The molecule has 0 atom stereocenters. The van der Waals surface area contributed by atoms with Gasteiger partial charge in [0, 0.05) is 12.1 Å². The largest absolute Gasteiger partial charge is 0.478 e. The molecule has 0 aromatic carbocycles. The summed E-state index contributed by atoms with van der Waals surface area (Å²) in [6.45, 7) is 5.61. The van der Waals surface area contributed by atoms with Crippen LogP contribution in [0.4, 0.5) is 0 Å². The van der Waals surface area contributed by atoms with Crippen molar-refractivity contribution in [2.75, 3.05) is 0 Å². The Kier molecular flexibility index (Phi) is 4.16. The lowest BCUT2D eigenvalue weighted by Gasteiger charge is -2.07. The van der Waals surface area contributed by atoms with Crippen molar-refractivity contribution in [3.8, 4) is 0 Å². The Morgan fingerprint density at radius 2 is 2.16 bits per heavy atom. The van der Waals surface area contributed by atoms with Gasteiger partial charge in [-0.15, -0.1) is 0 Å². The fraction of sp³-hybridized carbons (Fsp3) is 0.333. The van der Waals surface area contributed by atoms with Gasteiger partial charge in [-0.05, 0) is 48.8 Å². The average molecular weight is 295 g/mol. The van der Waals surface area contributed by atoms with Gasteiger partial charge >= 0.3 is 5.97 Å². The van der Waals surface area contributed by atoms with Gasteiger partial charge in [0.25, 0.3) is 0 Å². The summed E-state index contributed by atoms with van der Waals surface area (Å²) in [6, 6.07) is 1.77. The van der Waals surface area contributed by atoms with E-state index in [-0.39, 0.29) is 5.56 Å². The molecular weight excluding hydrogens is 282 g/mol. The molecule has 0 bridgehead atoms. The van der Waals surface area contributed by atoms with Crippen LogP contribution in [0.3, 0.4) is 0 Å². The van der Waals surface area contributed by atoms with Crippen molar-refractivity contribution in [2.24, 2.45) is 0 Å². The van der Waals surface area contributed by atoms with Crippen LogP contribution < -0.4 is 0 Å². The maximum atomic E-state index is 11.3. The van der Waals surface area contributed by atoms with Gasteiger partial charge in [-0.1, -0.05) is 6.92 Å². The molecular formula is C12H13N3O2S2. The number of hydrogen-bond acceptors (Lipinski definition) is 6. The Morgan fingerprint density at radius 1 is 1.42 bits per heavy atom. The first-order chi connectivity index (χ1) is 9.01. The van der Waals surface area contributed by atoms with Crippen molar-refractivity contribution in [1.29, 1.82) is 0 Å². The van der Waals surface area contributed by atoms with Crippen LogP contribution in [0.15, 0.2) is 15.4 Å². The van der Waals surface area contributed by atoms with Crippen LogP contribution in [0, 0.1) is 13.8 Å². The number of rotatable bonds is 4. The summed E-state index contributed by atoms with van der Waals surface area (Å²) in [5.74, 6) is -0.193. The van der Waals surface area contributed by atoms with Crippen molar-refractivity contribution >= 4 is 29.3 Å². The number of carbonyl (C=O) groups is 1. The zero-order chi connectivity index (χ0) is 14.0. The fourth-order valence-corrected chi connectivity index (χ4v) is 3.50. The molecule has 0 amide bonds. The number of aromatic carboxylic acids is 1. The van der Waals surface area contributed by atoms with Gasteiger partial charge in [0.2, 0.25) is 0 Å². The summed E-state index contributed by atoms with van der Waals surface area (Å²) < 4.78 is 4.90. The maximum Gasteiger partial charge on any atom is 0.338 e. The molecule has 2 aromatic rings. The zero-order valence-electron chi connectivity index (χ0n) is 10.8. The Balaban J connectivity index is 2.40. The second kappa shape index (κ2) is 5.66. The second-order valence-electron chi connectivity index (χ2n) is 4.00. The normalized spacial score (nSPS) is 10.7. The lowest BCUT2D eigenvalue weighted by atomic mass is 10.1. The van der Waals surface area contributed by atoms with Crippen LogP contribution in [0.1, 0.15) is 34.4 Å². The van der Waals surface area contributed by atoms with Crippen molar-refractivity contribution in [3.63, 3.8) is 0 Å². The minimum atomic E-state index is -0.965. The molecule has 0 spiro atoms. The van der Waals surface area contributed by atoms with Crippen LogP contribution in [0.5, 0.6) is 0 Å². The van der Waals surface area contributed by atoms with E-state index < -0.39 is 5.97 Å². The molecule has 0 aliphatic rings. The van der Waals surface area contributed by atoms with E-state index in [9.17, 15) is 9.90 Å². The number of hydrogen-bond donors (Lipinski definition) is 1. The highest BCUT2D eigenvalue weighted by molar-refractivity contribution is 8.01. The summed E-state index contributed by atoms with van der Waals surface area (Å²) in [7, 11) is 0. The van der Waals surface area contributed by atoms with Crippen molar-refractivity contribution < 1.29 is 9.90 Å². The van der Waals surface area contributed by atoms with E-state index in [1.54, 1.807) is 13.0 Å². The number of nitrogens with zero attached hydrogens (tertiary/aromatic N) is 3. The van der Waals surface area contributed by atoms with Gasteiger partial charge in [-0.3, -0.25) is 0 Å². The molecule has 2 heterocycles. The standard InChI is InChI=1S/C12H13N3O2S2/c1-4-8-14-12(19-15-8)18-10-9(11(16)17)6(2)5-7(3)13-10/h5H,4H2,1-3H3,(H,16,17). The Bertz CT molecular complexity index is 625. The average Bonchev–Trinajstić information content (AvgIpc) is 2.75. The van der Waals surface area contributed by atoms with Gasteiger partial charge in [0.1, 0.15) is 10.9 Å². The highest BCUT2D eigenvalue weighted by Crippen LogP contribution is 2.31. The van der Waals surface area contributed by atoms with E-state index in [0.29, 0.717) is 10.6 Å². The third kappa shape index (κ3) is 3.10. The van der Waals surface area contributed by atoms with Gasteiger partial charge in [0.05, 0.1) is 5.56 Å². The second-order valence-corrected chi connectivity index (χ2v) is 5.99. The summed E-state index contributed by atoms with van der Waals surface area (Å²) in [4.78, 5) is 19.9. The molecule has 0 aliphatic heterocycles. The first-order valence-electron chi connectivity index (χ1n) is 5.73. The zero-order valence-corrected chi connectivity index (χ0v) is 12.4. The van der Waals surface area contributed by atoms with Gasteiger partial charge in [0.15, 0.2) is 4.34 Å². The highest BCUT2D eigenvalue weighted by atomic mass is 32.2. The molecule has 0 aliphatic carbocycles. The molecule has 0 fully saturated rings. The molecule has 0 saturated heterocycles. The van der Waals surface area contributed by atoms with Crippen LogP contribution in [-0.2, 0) is 6.42 Å². The van der Waals surface area contributed by atoms with Crippen LogP contribution in [0.2, 0.25) is 0 Å². The Labute approximate surface area is 119 Å². The van der Waals surface area contributed by atoms with E-state index in [4.69, 9.17) is 0 Å². The monoisotopic (exact) mass is 295 g/mol. The van der Waals surface area contributed by atoms with E-state index in [1.807, 2.05) is 13.8 Å². The minimum absolute atomic E-state index is 0.240. The molecule has 0 unspecified atom stereocenters. The first kappa shape index (κ1) is 14.0. The van der Waals surface area contributed by atoms with Crippen LogP contribution >= 0.6 is 23.3 Å². The van der Waals surface area contributed by atoms with Crippen LogP contribution in [-0.4, -0.2) is 25.4 Å². The van der Waals surface area contributed by atoms with Gasteiger partial charge < -0.3 is 5.11 Å². The van der Waals surface area contributed by atoms with Crippen LogP contribution in [0.25, 0.3) is 0 Å². The molecule has 1 N–H and O–H groups in total. The predicted octanol–water partition coefficient (Wildman–Crippen LogP) is 2.96. The molecule has 2 rings (SSSR count). The molecule has 2 aromatic heterocycles. The van der Waals surface area contributed by atoms with E-state index >= 15 is 0 Å². The minimum Gasteiger partial charge on any atom is -0.478 e. The number of carboxylic acid groups (broad SMARTS) is 1. The van der Waals surface area contributed by atoms with Crippen molar-refractivity contribution in [1.82, 2.24) is 14.3 Å². The van der Waals surface area contributed by atoms with Crippen molar-refractivity contribution in [3.05, 3.63) is 28.7 Å². The number of aryl methyl sites for hydroxylation is 3. The number of pyridine rings is 1. The summed E-state index contributed by atoms with van der Waals surface area (Å²) in [6.07, 6.45) is 0.767. The topological polar surface area (TPSA) is 76.0 Å². The highest BCUT2D eigenvalue weighted by Gasteiger charge is 2.18. The third-order valence-corrected chi connectivity index (χ3v) is 4.25. The quantitative estimate of drug-likeness (QED) is 0.934. The lowest BCUT2D eigenvalue weighted by Crippen LogP contribution is -2.05. The maximum absolute atomic E-state index is 11.3. The van der Waals surface area contributed by atoms with E-state index in [1.165, 1.54) is 23.3 Å². The number of carboxylic acids is 1. The molecule has 0 radical (unpaired) electrons. The molecule has 7 heteroatoms. The van der Waals surface area contributed by atoms with Crippen molar-refractivity contribution in [2.45, 2.75) is 36.6 Å². The summed E-state index contributed by atoms with van der Waals surface area (Å²) in [5, 5.41) is 9.76. The Morgan fingerprint density at radius 3 is 2.74 bits per heavy atom. The molecule has 100 valence electrons. The predicted molar refractivity (Wildman–Crippen MR) is 74.1 cm³/mol. The van der Waals surface area contributed by atoms with E-state index in [0.717, 1.165) is 22.3 Å². The lowest BCUT2D eigenvalue weighted by molar-refractivity contribution is 0.0691. The number of aromatic nitrogens is 3. The smallest absolute Gasteiger partial charge is 0.338 e. The van der Waals surface area contributed by atoms with Gasteiger partial charge in [-0.2, -0.15) is 4.37 Å². The van der Waals surface area contributed by atoms with Gasteiger partial charge in [-0.25, -0.2) is 14.8 Å². The van der Waals surface area contributed by atoms with E-state index in [2.05, 4.69) is 14.3 Å². The third-order valence-electron chi connectivity index (χ3n) is 2.48. The summed E-state index contributed by atoms with van der Waals surface area (Å²) >= 11 is 2.53. The SMILES string of the molecule is CCc1nsc(Sc2nc(C)cc(C)c2C(=O)O)n1. The fourth-order valence-electron chi connectivity index (χ4n) is 1.64. The molecule has 19 heavy (non-hydrogen) atoms. The molecule has 0 saturated carbocycles. The Hall–Kier alpha value is -1.47.